The zero-order valence-corrected chi connectivity index (χ0v) is 10.1. The van der Waals surface area contributed by atoms with E-state index in [0.29, 0.717) is 19.6 Å². The molecule has 0 aromatic heterocycles. The second kappa shape index (κ2) is 6.83. The SMILES string of the molecule is CC(O)CN(C)CC(=O)NCC1CCCO1. The van der Waals surface area contributed by atoms with Crippen molar-refractivity contribution in [2.24, 2.45) is 0 Å². The van der Waals surface area contributed by atoms with Gasteiger partial charge in [-0.3, -0.25) is 9.69 Å². The topological polar surface area (TPSA) is 61.8 Å². The van der Waals surface area contributed by atoms with E-state index in [1.165, 1.54) is 0 Å². The molecular weight excluding hydrogens is 208 g/mol. The van der Waals surface area contributed by atoms with Crippen LogP contribution in [0.1, 0.15) is 19.8 Å². The van der Waals surface area contributed by atoms with Crippen LogP contribution in [0.5, 0.6) is 0 Å². The molecule has 0 spiro atoms. The van der Waals surface area contributed by atoms with Crippen LogP contribution >= 0.6 is 0 Å². The predicted octanol–water partition coefficient (Wildman–Crippen LogP) is -0.406. The van der Waals surface area contributed by atoms with Crippen LogP contribution in [-0.2, 0) is 9.53 Å². The van der Waals surface area contributed by atoms with Gasteiger partial charge in [0.25, 0.3) is 0 Å². The molecule has 2 unspecified atom stereocenters. The quantitative estimate of drug-likeness (QED) is 0.651. The molecule has 1 amide bonds. The highest BCUT2D eigenvalue weighted by Crippen LogP contribution is 2.10. The van der Waals surface area contributed by atoms with Crippen molar-refractivity contribution in [3.8, 4) is 0 Å². The third-order valence-electron chi connectivity index (χ3n) is 2.54. The number of rotatable bonds is 6. The molecule has 1 fully saturated rings. The molecule has 0 saturated carbocycles. The van der Waals surface area contributed by atoms with E-state index in [0.717, 1.165) is 19.4 Å². The Morgan fingerprint density at radius 1 is 1.69 bits per heavy atom. The van der Waals surface area contributed by atoms with Gasteiger partial charge in [0.2, 0.25) is 5.91 Å². The zero-order valence-electron chi connectivity index (χ0n) is 10.1. The summed E-state index contributed by atoms with van der Waals surface area (Å²) in [5.74, 6) is -0.0151. The Hall–Kier alpha value is -0.650. The normalized spacial score (nSPS) is 22.4. The molecule has 2 atom stereocenters. The smallest absolute Gasteiger partial charge is 0.234 e. The Labute approximate surface area is 96.8 Å². The summed E-state index contributed by atoms with van der Waals surface area (Å²) in [5, 5.41) is 12.0. The first-order chi connectivity index (χ1) is 7.58. The third-order valence-corrected chi connectivity index (χ3v) is 2.54. The van der Waals surface area contributed by atoms with Gasteiger partial charge in [0.1, 0.15) is 0 Å². The fraction of sp³-hybridized carbons (Fsp3) is 0.909. The van der Waals surface area contributed by atoms with Crippen LogP contribution in [-0.4, -0.2) is 61.4 Å². The monoisotopic (exact) mass is 230 g/mol. The van der Waals surface area contributed by atoms with Gasteiger partial charge in [-0.15, -0.1) is 0 Å². The van der Waals surface area contributed by atoms with Gasteiger partial charge >= 0.3 is 0 Å². The first-order valence-electron chi connectivity index (χ1n) is 5.83. The van der Waals surface area contributed by atoms with Crippen molar-refractivity contribution in [1.82, 2.24) is 10.2 Å². The molecule has 1 saturated heterocycles. The second-order valence-electron chi connectivity index (χ2n) is 4.48. The fourth-order valence-corrected chi connectivity index (χ4v) is 1.85. The van der Waals surface area contributed by atoms with E-state index in [-0.39, 0.29) is 12.0 Å². The number of carbonyl (C=O) groups is 1. The third kappa shape index (κ3) is 5.44. The number of aliphatic hydroxyl groups excluding tert-OH is 1. The van der Waals surface area contributed by atoms with Gasteiger partial charge in [0.05, 0.1) is 18.8 Å². The number of nitrogens with one attached hydrogen (secondary N) is 1. The molecular formula is C11H22N2O3. The Kier molecular flexibility index (Phi) is 5.73. The van der Waals surface area contributed by atoms with Crippen LogP contribution < -0.4 is 5.32 Å². The number of ether oxygens (including phenoxy) is 1. The first kappa shape index (κ1) is 13.4. The maximum Gasteiger partial charge on any atom is 0.234 e. The maximum atomic E-state index is 11.5. The summed E-state index contributed by atoms with van der Waals surface area (Å²) in [6, 6.07) is 0. The molecule has 5 nitrogen and oxygen atoms in total. The van der Waals surface area contributed by atoms with E-state index in [2.05, 4.69) is 5.32 Å². The highest BCUT2D eigenvalue weighted by Gasteiger charge is 2.16. The summed E-state index contributed by atoms with van der Waals surface area (Å²) < 4.78 is 5.40. The standard InChI is InChI=1S/C11H22N2O3/c1-9(14)7-13(2)8-11(15)12-6-10-4-3-5-16-10/h9-10,14H,3-8H2,1-2H3,(H,12,15). The van der Waals surface area contributed by atoms with Crippen molar-refractivity contribution >= 4 is 5.91 Å². The number of hydrogen-bond acceptors (Lipinski definition) is 4. The average molecular weight is 230 g/mol. The van der Waals surface area contributed by atoms with Crippen LogP contribution in [0.2, 0.25) is 0 Å². The molecule has 0 aliphatic carbocycles. The van der Waals surface area contributed by atoms with Crippen LogP contribution in [0.15, 0.2) is 0 Å². The Morgan fingerprint density at radius 2 is 2.44 bits per heavy atom. The highest BCUT2D eigenvalue weighted by molar-refractivity contribution is 5.77. The molecule has 16 heavy (non-hydrogen) atoms. The Morgan fingerprint density at radius 3 is 3.00 bits per heavy atom. The van der Waals surface area contributed by atoms with Crippen LogP contribution in [0.3, 0.4) is 0 Å². The van der Waals surface area contributed by atoms with Gasteiger partial charge in [-0.05, 0) is 26.8 Å². The predicted molar refractivity (Wildman–Crippen MR) is 61.2 cm³/mol. The van der Waals surface area contributed by atoms with Crippen molar-refractivity contribution in [3.05, 3.63) is 0 Å². The lowest BCUT2D eigenvalue weighted by Crippen LogP contribution is -2.40. The largest absolute Gasteiger partial charge is 0.392 e. The maximum absolute atomic E-state index is 11.5. The van der Waals surface area contributed by atoms with Gasteiger partial charge < -0.3 is 15.2 Å². The lowest BCUT2D eigenvalue weighted by atomic mass is 10.2. The molecule has 1 aliphatic heterocycles. The lowest BCUT2D eigenvalue weighted by Gasteiger charge is -2.18. The van der Waals surface area contributed by atoms with E-state index in [4.69, 9.17) is 9.84 Å². The fourth-order valence-electron chi connectivity index (χ4n) is 1.85. The summed E-state index contributed by atoms with van der Waals surface area (Å²) >= 11 is 0. The molecule has 0 aromatic rings. The number of hydrogen-bond donors (Lipinski definition) is 2. The van der Waals surface area contributed by atoms with Gasteiger partial charge in [-0.2, -0.15) is 0 Å². The van der Waals surface area contributed by atoms with Crippen molar-refractivity contribution in [3.63, 3.8) is 0 Å². The second-order valence-corrected chi connectivity index (χ2v) is 4.48. The van der Waals surface area contributed by atoms with E-state index in [1.54, 1.807) is 11.8 Å². The van der Waals surface area contributed by atoms with Gasteiger partial charge in [-0.25, -0.2) is 0 Å². The average Bonchev–Trinajstić information content (AvgIpc) is 2.65. The molecule has 5 heteroatoms. The summed E-state index contributed by atoms with van der Waals surface area (Å²) in [6.07, 6.45) is 1.90. The molecule has 1 heterocycles. The Balaban J connectivity index is 2.09. The summed E-state index contributed by atoms with van der Waals surface area (Å²) in [7, 11) is 1.82. The molecule has 1 aliphatic rings. The van der Waals surface area contributed by atoms with Crippen molar-refractivity contribution in [1.29, 1.82) is 0 Å². The van der Waals surface area contributed by atoms with E-state index in [1.807, 2.05) is 7.05 Å². The minimum Gasteiger partial charge on any atom is -0.392 e. The highest BCUT2D eigenvalue weighted by atomic mass is 16.5. The minimum absolute atomic E-state index is 0.0151. The molecule has 1 rings (SSSR count). The summed E-state index contributed by atoms with van der Waals surface area (Å²) in [4.78, 5) is 13.3. The lowest BCUT2D eigenvalue weighted by molar-refractivity contribution is -0.122. The molecule has 94 valence electrons. The van der Waals surface area contributed by atoms with Crippen LogP contribution in [0.25, 0.3) is 0 Å². The van der Waals surface area contributed by atoms with Gasteiger partial charge in [0, 0.05) is 19.7 Å². The van der Waals surface area contributed by atoms with Gasteiger partial charge in [0.15, 0.2) is 0 Å². The van der Waals surface area contributed by atoms with Crippen LogP contribution in [0.4, 0.5) is 0 Å². The number of carbonyl (C=O) groups excluding carboxylic acids is 1. The summed E-state index contributed by atoms with van der Waals surface area (Å²) in [6.45, 7) is 3.94. The van der Waals surface area contributed by atoms with Gasteiger partial charge in [-0.1, -0.05) is 0 Å². The molecule has 0 bridgehead atoms. The van der Waals surface area contributed by atoms with E-state index < -0.39 is 6.10 Å². The summed E-state index contributed by atoms with van der Waals surface area (Å²) in [5.41, 5.74) is 0. The van der Waals surface area contributed by atoms with E-state index >= 15 is 0 Å². The van der Waals surface area contributed by atoms with Crippen molar-refractivity contribution in [2.75, 3.05) is 33.3 Å². The first-order valence-corrected chi connectivity index (χ1v) is 5.83. The number of nitrogens with zero attached hydrogens (tertiary/aromatic N) is 1. The molecule has 0 aromatic carbocycles. The molecule has 0 radical (unpaired) electrons. The number of amides is 1. The van der Waals surface area contributed by atoms with E-state index in [9.17, 15) is 4.79 Å². The number of aliphatic hydroxyl groups is 1. The minimum atomic E-state index is -0.407. The van der Waals surface area contributed by atoms with Crippen molar-refractivity contribution in [2.45, 2.75) is 32.0 Å². The zero-order chi connectivity index (χ0) is 12.0. The number of likely N-dealkylation sites (N-methyl/N-ethyl adjacent to an activating group) is 1. The molecule has 2 N–H and O–H groups in total. The Bertz CT molecular complexity index is 215. The van der Waals surface area contributed by atoms with Crippen molar-refractivity contribution < 1.29 is 14.6 Å². The van der Waals surface area contributed by atoms with Crippen LogP contribution in [0, 0.1) is 0 Å².